The molecule has 0 aliphatic carbocycles. The first-order chi connectivity index (χ1) is 8.40. The van der Waals surface area contributed by atoms with E-state index in [-0.39, 0.29) is 6.42 Å². The molecule has 1 aromatic carbocycles. The summed E-state index contributed by atoms with van der Waals surface area (Å²) in [4.78, 5) is 21.5. The molecule has 98 valence electrons. The van der Waals surface area contributed by atoms with Crippen LogP contribution in [0, 0.1) is 13.8 Å². The average molecular weight is 268 g/mol. The van der Waals surface area contributed by atoms with Gasteiger partial charge in [0.25, 0.3) is 0 Å². The third kappa shape index (κ3) is 4.41. The standard InChI is InChI=1S/C13H16O4S/c1-8-3-4-10(9(2)5-8)7-18-11(13(16)17)6-12(14)15/h3-5,11H,6-7H2,1-2H3,(H,14,15)(H,16,17). The molecule has 4 nitrogen and oxygen atoms in total. The molecule has 0 aromatic heterocycles. The molecule has 0 bridgehead atoms. The van der Waals surface area contributed by atoms with Crippen molar-refractivity contribution in [1.82, 2.24) is 0 Å². The molecule has 0 radical (unpaired) electrons. The van der Waals surface area contributed by atoms with Crippen LogP contribution in [0.3, 0.4) is 0 Å². The highest BCUT2D eigenvalue weighted by Gasteiger charge is 2.21. The Kier molecular flexibility index (Phi) is 5.22. The highest BCUT2D eigenvalue weighted by molar-refractivity contribution is 7.99. The van der Waals surface area contributed by atoms with Crippen LogP contribution >= 0.6 is 11.8 Å². The minimum Gasteiger partial charge on any atom is -0.481 e. The average Bonchev–Trinajstić information content (AvgIpc) is 2.25. The molecule has 1 rings (SSSR count). The van der Waals surface area contributed by atoms with Crippen LogP contribution in [0.15, 0.2) is 18.2 Å². The van der Waals surface area contributed by atoms with E-state index in [1.54, 1.807) is 0 Å². The molecule has 5 heteroatoms. The molecule has 0 spiro atoms. The molecule has 18 heavy (non-hydrogen) atoms. The lowest BCUT2D eigenvalue weighted by molar-refractivity contribution is -0.142. The van der Waals surface area contributed by atoms with Crippen molar-refractivity contribution in [2.24, 2.45) is 0 Å². The molecule has 0 aliphatic heterocycles. The van der Waals surface area contributed by atoms with Gasteiger partial charge in [-0.1, -0.05) is 23.8 Å². The maximum Gasteiger partial charge on any atom is 0.317 e. The van der Waals surface area contributed by atoms with E-state index in [0.717, 1.165) is 28.5 Å². The van der Waals surface area contributed by atoms with E-state index >= 15 is 0 Å². The second kappa shape index (κ2) is 6.44. The van der Waals surface area contributed by atoms with Crippen molar-refractivity contribution in [2.45, 2.75) is 31.3 Å². The lowest BCUT2D eigenvalue weighted by Crippen LogP contribution is -2.20. The Bertz CT molecular complexity index is 456. The molecule has 2 N–H and O–H groups in total. The first-order valence-corrected chi connectivity index (χ1v) is 6.57. The molecule has 1 aromatic rings. The third-order valence-electron chi connectivity index (χ3n) is 2.57. The molecule has 1 unspecified atom stereocenters. The second-order valence-corrected chi connectivity index (χ2v) is 5.36. The SMILES string of the molecule is Cc1ccc(CSC(CC(=O)O)C(=O)O)c(C)c1. The summed E-state index contributed by atoms with van der Waals surface area (Å²) in [7, 11) is 0. The van der Waals surface area contributed by atoms with Gasteiger partial charge in [-0.25, -0.2) is 0 Å². The normalized spacial score (nSPS) is 12.1. The van der Waals surface area contributed by atoms with Crippen LogP contribution < -0.4 is 0 Å². The van der Waals surface area contributed by atoms with Gasteiger partial charge >= 0.3 is 11.9 Å². The number of carboxylic acids is 2. The van der Waals surface area contributed by atoms with Gasteiger partial charge < -0.3 is 10.2 Å². The van der Waals surface area contributed by atoms with E-state index in [9.17, 15) is 9.59 Å². The smallest absolute Gasteiger partial charge is 0.317 e. The highest BCUT2D eigenvalue weighted by atomic mass is 32.2. The van der Waals surface area contributed by atoms with Crippen LogP contribution in [-0.4, -0.2) is 27.4 Å². The van der Waals surface area contributed by atoms with Gasteiger partial charge in [0.1, 0.15) is 5.25 Å². The maximum absolute atomic E-state index is 10.9. The number of thioether (sulfide) groups is 1. The van der Waals surface area contributed by atoms with Gasteiger partial charge in [-0.3, -0.25) is 9.59 Å². The minimum absolute atomic E-state index is 0.356. The Labute approximate surface area is 110 Å². The van der Waals surface area contributed by atoms with Crippen LogP contribution in [0.5, 0.6) is 0 Å². The van der Waals surface area contributed by atoms with E-state index in [0.29, 0.717) is 5.75 Å². The number of aryl methyl sites for hydroxylation is 2. The van der Waals surface area contributed by atoms with Crippen molar-refractivity contribution in [2.75, 3.05) is 0 Å². The van der Waals surface area contributed by atoms with E-state index in [4.69, 9.17) is 10.2 Å². The largest absolute Gasteiger partial charge is 0.481 e. The van der Waals surface area contributed by atoms with Gasteiger partial charge in [0.15, 0.2) is 0 Å². The van der Waals surface area contributed by atoms with E-state index in [2.05, 4.69) is 0 Å². The number of hydrogen-bond acceptors (Lipinski definition) is 3. The monoisotopic (exact) mass is 268 g/mol. The molecular formula is C13H16O4S. The van der Waals surface area contributed by atoms with E-state index in [1.807, 2.05) is 32.0 Å². The number of aliphatic carboxylic acids is 2. The zero-order valence-electron chi connectivity index (χ0n) is 10.3. The molecule has 0 saturated carbocycles. The first-order valence-electron chi connectivity index (χ1n) is 5.52. The van der Waals surface area contributed by atoms with Crippen LogP contribution in [0.2, 0.25) is 0 Å². The predicted octanol–water partition coefficient (Wildman–Crippen LogP) is 2.46. The molecule has 1 atom stereocenters. The van der Waals surface area contributed by atoms with Crippen molar-refractivity contribution in [3.63, 3.8) is 0 Å². The first kappa shape index (κ1) is 14.6. The number of rotatable bonds is 6. The number of carboxylic acid groups (broad SMARTS) is 2. The number of hydrogen-bond donors (Lipinski definition) is 2. The zero-order chi connectivity index (χ0) is 13.7. The fourth-order valence-corrected chi connectivity index (χ4v) is 2.68. The number of benzene rings is 1. The van der Waals surface area contributed by atoms with Crippen molar-refractivity contribution < 1.29 is 19.8 Å². The van der Waals surface area contributed by atoms with Crippen molar-refractivity contribution in [1.29, 1.82) is 0 Å². The van der Waals surface area contributed by atoms with Gasteiger partial charge in [-0.15, -0.1) is 11.8 Å². The molecule has 0 aliphatic rings. The van der Waals surface area contributed by atoms with Gasteiger partial charge in [-0.2, -0.15) is 0 Å². The van der Waals surface area contributed by atoms with Crippen LogP contribution in [0.1, 0.15) is 23.1 Å². The fourth-order valence-electron chi connectivity index (χ4n) is 1.57. The molecular weight excluding hydrogens is 252 g/mol. The molecule has 0 fully saturated rings. The fraction of sp³-hybridized carbons (Fsp3) is 0.385. The van der Waals surface area contributed by atoms with Crippen LogP contribution in [-0.2, 0) is 15.3 Å². The van der Waals surface area contributed by atoms with Crippen LogP contribution in [0.4, 0.5) is 0 Å². The summed E-state index contributed by atoms with van der Waals surface area (Å²) < 4.78 is 0. The topological polar surface area (TPSA) is 74.6 Å². The van der Waals surface area contributed by atoms with Crippen molar-refractivity contribution >= 4 is 23.7 Å². The van der Waals surface area contributed by atoms with E-state index < -0.39 is 17.2 Å². The van der Waals surface area contributed by atoms with E-state index in [1.165, 1.54) is 0 Å². The van der Waals surface area contributed by atoms with Gasteiger partial charge in [-0.05, 0) is 25.0 Å². The highest BCUT2D eigenvalue weighted by Crippen LogP contribution is 2.23. The summed E-state index contributed by atoms with van der Waals surface area (Å²) >= 11 is 1.15. The Morgan fingerprint density at radius 3 is 2.44 bits per heavy atom. The molecule has 0 amide bonds. The predicted molar refractivity (Wildman–Crippen MR) is 70.9 cm³/mol. The Hall–Kier alpha value is -1.49. The van der Waals surface area contributed by atoms with Gasteiger partial charge in [0.05, 0.1) is 6.42 Å². The van der Waals surface area contributed by atoms with Crippen molar-refractivity contribution in [3.05, 3.63) is 34.9 Å². The second-order valence-electron chi connectivity index (χ2n) is 4.17. The summed E-state index contributed by atoms with van der Waals surface area (Å²) in [6, 6.07) is 5.95. The molecule has 0 heterocycles. The maximum atomic E-state index is 10.9. The zero-order valence-corrected chi connectivity index (χ0v) is 11.2. The number of carbonyl (C=O) groups is 2. The van der Waals surface area contributed by atoms with Crippen LogP contribution in [0.25, 0.3) is 0 Å². The quantitative estimate of drug-likeness (QED) is 0.829. The lowest BCUT2D eigenvalue weighted by atomic mass is 10.1. The minimum atomic E-state index is -1.09. The Balaban J connectivity index is 2.66. The van der Waals surface area contributed by atoms with Gasteiger partial charge in [0, 0.05) is 5.75 Å². The van der Waals surface area contributed by atoms with Crippen molar-refractivity contribution in [3.8, 4) is 0 Å². The summed E-state index contributed by atoms with van der Waals surface area (Å²) in [5, 5.41) is 16.7. The Morgan fingerprint density at radius 1 is 1.28 bits per heavy atom. The lowest BCUT2D eigenvalue weighted by Gasteiger charge is -2.11. The Morgan fingerprint density at radius 2 is 1.94 bits per heavy atom. The summed E-state index contributed by atoms with van der Waals surface area (Å²) in [5.41, 5.74) is 3.30. The van der Waals surface area contributed by atoms with Gasteiger partial charge in [0.2, 0.25) is 0 Å². The molecule has 0 saturated heterocycles. The summed E-state index contributed by atoms with van der Waals surface area (Å²) in [6.07, 6.45) is -0.356. The summed E-state index contributed by atoms with van der Waals surface area (Å²) in [5.74, 6) is -1.65. The summed E-state index contributed by atoms with van der Waals surface area (Å²) in [6.45, 7) is 3.96. The third-order valence-corrected chi connectivity index (χ3v) is 3.82.